The third-order valence-corrected chi connectivity index (χ3v) is 10.7. The Morgan fingerprint density at radius 3 is 2.19 bits per heavy atom. The number of pyridine rings is 1. The van der Waals surface area contributed by atoms with E-state index in [1.165, 1.54) is 32.7 Å². The average molecular weight is 858 g/mol. The SMILES string of the molecule is CC(C)(C)c1ccc(-c2[c-]cccc2)nc1.CC1(C)CCC(C)(C)c2nc(-c3[c-]ccc4c3oc3cc5c(ccc6ccccc65)cc34)ncc21.[Ir]. The van der Waals surface area contributed by atoms with Gasteiger partial charge in [-0.2, -0.15) is 0 Å². The second-order valence-corrected chi connectivity index (χ2v) is 16.2. The average Bonchev–Trinajstić information content (AvgIpc) is 3.50. The molecule has 0 fully saturated rings. The van der Waals surface area contributed by atoms with E-state index in [-0.39, 0.29) is 36.4 Å². The van der Waals surface area contributed by atoms with Crippen LogP contribution in [0.15, 0.2) is 114 Å². The van der Waals surface area contributed by atoms with E-state index in [0.29, 0.717) is 5.82 Å². The van der Waals surface area contributed by atoms with Crippen LogP contribution in [0.3, 0.4) is 0 Å². The van der Waals surface area contributed by atoms with Crippen molar-refractivity contribution in [2.24, 2.45) is 0 Å². The molecule has 0 bridgehead atoms. The Morgan fingerprint density at radius 1 is 0.673 bits per heavy atom. The summed E-state index contributed by atoms with van der Waals surface area (Å²) in [5, 5.41) is 7.07. The molecule has 8 aromatic rings. The molecule has 0 unspecified atom stereocenters. The maximum Gasteiger partial charge on any atom is 0.121 e. The summed E-state index contributed by atoms with van der Waals surface area (Å²) >= 11 is 0. The van der Waals surface area contributed by atoms with Crippen molar-refractivity contribution in [2.45, 2.75) is 77.6 Å². The van der Waals surface area contributed by atoms with E-state index in [0.717, 1.165) is 57.3 Å². The van der Waals surface area contributed by atoms with Gasteiger partial charge in [0, 0.05) is 49.0 Å². The van der Waals surface area contributed by atoms with Gasteiger partial charge < -0.3 is 9.40 Å². The quantitative estimate of drug-likeness (QED) is 0.128. The Balaban J connectivity index is 0.000000209. The van der Waals surface area contributed by atoms with E-state index in [9.17, 15) is 0 Å². The summed E-state index contributed by atoms with van der Waals surface area (Å²) in [7, 11) is 0. The van der Waals surface area contributed by atoms with Crippen LogP contribution in [-0.2, 0) is 36.4 Å². The van der Waals surface area contributed by atoms with Crippen LogP contribution in [0.5, 0.6) is 0 Å². The number of hydrogen-bond acceptors (Lipinski definition) is 4. The molecule has 0 amide bonds. The van der Waals surface area contributed by atoms with Crippen LogP contribution < -0.4 is 0 Å². The Bertz CT molecular complexity index is 2560. The zero-order valence-corrected chi connectivity index (χ0v) is 33.3. The number of fused-ring (bicyclic) bond motifs is 7. The van der Waals surface area contributed by atoms with Crippen LogP contribution in [0.1, 0.15) is 78.1 Å². The summed E-state index contributed by atoms with van der Waals surface area (Å²) in [6, 6.07) is 40.0. The van der Waals surface area contributed by atoms with E-state index >= 15 is 0 Å². The predicted molar refractivity (Wildman–Crippen MR) is 211 cm³/mol. The number of aromatic nitrogens is 3. The van der Waals surface area contributed by atoms with Crippen molar-refractivity contribution in [1.29, 1.82) is 0 Å². The van der Waals surface area contributed by atoms with Gasteiger partial charge in [0.25, 0.3) is 0 Å². The number of furan rings is 1. The van der Waals surface area contributed by atoms with Crippen LogP contribution in [0.25, 0.3) is 66.1 Å². The van der Waals surface area contributed by atoms with Gasteiger partial charge >= 0.3 is 0 Å². The summed E-state index contributed by atoms with van der Waals surface area (Å²) < 4.78 is 6.52. The Labute approximate surface area is 320 Å². The molecule has 5 aromatic carbocycles. The number of benzene rings is 5. The number of hydrogen-bond donors (Lipinski definition) is 0. The predicted octanol–water partition coefficient (Wildman–Crippen LogP) is 12.3. The normalized spacial score (nSPS) is 14.8. The molecule has 1 radical (unpaired) electrons. The van der Waals surface area contributed by atoms with E-state index in [1.54, 1.807) is 0 Å². The molecular weight excluding hydrogens is 815 g/mol. The van der Waals surface area contributed by atoms with Crippen LogP contribution in [0.4, 0.5) is 0 Å². The standard InChI is InChI=1S/C32H27N2O.C15H16N.Ir/c1-31(2)14-15-32(3,4)29-26(31)18-33-30(34-29)23-11-7-10-22-25-16-20-13-12-19-8-5-6-9-21(19)24(20)17-27(25)35-28(22)23;1-15(2,3)13-9-10-14(16-11-13)12-7-5-4-6-8-12;/h5-10,12-13,16-18H,14-15H2,1-4H3;4-7,9-11H,1-3H3;/q2*-1;. The van der Waals surface area contributed by atoms with Crippen molar-refractivity contribution in [3.63, 3.8) is 0 Å². The van der Waals surface area contributed by atoms with Crippen LogP contribution >= 0.6 is 0 Å². The number of nitrogens with zero attached hydrogens (tertiary/aromatic N) is 3. The second-order valence-electron chi connectivity index (χ2n) is 16.2. The maximum absolute atomic E-state index is 6.52. The van der Waals surface area contributed by atoms with Crippen molar-refractivity contribution in [3.05, 3.63) is 138 Å². The van der Waals surface area contributed by atoms with Gasteiger partial charge in [0.1, 0.15) is 5.58 Å². The molecule has 0 saturated heterocycles. The maximum atomic E-state index is 6.52. The summed E-state index contributed by atoms with van der Waals surface area (Å²) in [5.74, 6) is 0.689. The van der Waals surface area contributed by atoms with Gasteiger partial charge in [0.15, 0.2) is 0 Å². The third-order valence-electron chi connectivity index (χ3n) is 10.7. The van der Waals surface area contributed by atoms with E-state index in [4.69, 9.17) is 14.4 Å². The minimum absolute atomic E-state index is 0. The molecule has 5 heteroatoms. The van der Waals surface area contributed by atoms with Crippen LogP contribution in [-0.4, -0.2) is 15.0 Å². The Kier molecular flexibility index (Phi) is 9.18. The fraction of sp³-hybridized carbons (Fsp3) is 0.255. The number of rotatable bonds is 2. The van der Waals surface area contributed by atoms with Gasteiger partial charge in [-0.05, 0) is 74.2 Å². The van der Waals surface area contributed by atoms with Crippen molar-refractivity contribution < 1.29 is 24.5 Å². The molecule has 0 N–H and O–H groups in total. The monoisotopic (exact) mass is 858 g/mol. The molecule has 3 heterocycles. The zero-order chi connectivity index (χ0) is 35.5. The van der Waals surface area contributed by atoms with Crippen LogP contribution in [0, 0.1) is 12.1 Å². The summed E-state index contributed by atoms with van der Waals surface area (Å²) in [6.45, 7) is 15.8. The molecule has 4 nitrogen and oxygen atoms in total. The van der Waals surface area contributed by atoms with E-state index in [2.05, 4.69) is 132 Å². The zero-order valence-electron chi connectivity index (χ0n) is 30.9. The first-order valence-corrected chi connectivity index (χ1v) is 17.9. The molecular formula is C47H43IrN3O-2. The molecule has 0 spiro atoms. The molecule has 52 heavy (non-hydrogen) atoms. The molecule has 9 rings (SSSR count). The molecule has 263 valence electrons. The summed E-state index contributed by atoms with van der Waals surface area (Å²) in [6.07, 6.45) is 6.25. The van der Waals surface area contributed by atoms with Crippen molar-refractivity contribution in [1.82, 2.24) is 15.0 Å². The first-order valence-electron chi connectivity index (χ1n) is 17.9. The van der Waals surface area contributed by atoms with Gasteiger partial charge in [-0.1, -0.05) is 108 Å². The molecule has 1 aliphatic carbocycles. The largest absolute Gasteiger partial charge is 0.501 e. The van der Waals surface area contributed by atoms with Gasteiger partial charge in [0.2, 0.25) is 0 Å². The third kappa shape index (κ3) is 6.46. The first-order chi connectivity index (χ1) is 24.4. The second kappa shape index (κ2) is 13.4. The van der Waals surface area contributed by atoms with Gasteiger partial charge in [-0.3, -0.25) is 9.97 Å². The topological polar surface area (TPSA) is 51.8 Å². The fourth-order valence-electron chi connectivity index (χ4n) is 7.35. The van der Waals surface area contributed by atoms with Gasteiger partial charge in [-0.15, -0.1) is 54.1 Å². The van der Waals surface area contributed by atoms with E-state index in [1.807, 2.05) is 42.7 Å². The molecule has 0 saturated carbocycles. The molecule has 0 atom stereocenters. The molecule has 0 aliphatic heterocycles. The molecule has 3 aromatic heterocycles. The van der Waals surface area contributed by atoms with Crippen LogP contribution in [0.2, 0.25) is 0 Å². The van der Waals surface area contributed by atoms with E-state index < -0.39 is 0 Å². The van der Waals surface area contributed by atoms with Crippen molar-refractivity contribution in [3.8, 4) is 22.6 Å². The van der Waals surface area contributed by atoms with Gasteiger partial charge in [0.05, 0.1) is 11.4 Å². The smallest absolute Gasteiger partial charge is 0.121 e. The fourth-order valence-corrected chi connectivity index (χ4v) is 7.35. The van der Waals surface area contributed by atoms with Gasteiger partial charge in [-0.25, -0.2) is 0 Å². The minimum atomic E-state index is 0. The Hall–Kier alpha value is -4.70. The first kappa shape index (κ1) is 35.7. The Morgan fingerprint density at radius 2 is 1.44 bits per heavy atom. The van der Waals surface area contributed by atoms with Crippen molar-refractivity contribution >= 4 is 43.5 Å². The minimum Gasteiger partial charge on any atom is -0.501 e. The summed E-state index contributed by atoms with van der Waals surface area (Å²) in [4.78, 5) is 14.5. The van der Waals surface area contributed by atoms with Crippen molar-refractivity contribution in [2.75, 3.05) is 0 Å². The summed E-state index contributed by atoms with van der Waals surface area (Å²) in [5.41, 5.74) is 8.46. The molecule has 1 aliphatic rings.